The van der Waals surface area contributed by atoms with Crippen LogP contribution in [0, 0.1) is 0 Å². The first kappa shape index (κ1) is 21.2. The summed E-state index contributed by atoms with van der Waals surface area (Å²) in [5.41, 5.74) is 6.99. The van der Waals surface area contributed by atoms with E-state index in [9.17, 15) is 0 Å². The number of ether oxygens (including phenoxy) is 2. The van der Waals surface area contributed by atoms with Crippen molar-refractivity contribution < 1.29 is 9.47 Å². The molecule has 5 aromatic carbocycles. The molecule has 5 aromatic rings. The van der Waals surface area contributed by atoms with Gasteiger partial charge in [-0.05, 0) is 83.4 Å². The summed E-state index contributed by atoms with van der Waals surface area (Å²) in [6.45, 7) is 0. The number of hydrogen-bond donors (Lipinski definition) is 0. The summed E-state index contributed by atoms with van der Waals surface area (Å²) in [5, 5.41) is 0. The Balaban J connectivity index is 1.30. The van der Waals surface area contributed by atoms with E-state index in [-0.39, 0.29) is 0 Å². The normalized spacial score (nSPS) is 11.7. The van der Waals surface area contributed by atoms with Gasteiger partial charge in [0.15, 0.2) is 23.0 Å². The fraction of sp³-hybridized carbons (Fsp3) is 0. The van der Waals surface area contributed by atoms with Crippen molar-refractivity contribution in [2.24, 2.45) is 0 Å². The van der Waals surface area contributed by atoms with Crippen molar-refractivity contribution in [1.29, 1.82) is 0 Å². The van der Waals surface area contributed by atoms with E-state index in [4.69, 9.17) is 9.47 Å². The highest BCUT2D eigenvalue weighted by Gasteiger charge is 2.21. The second-order valence-corrected chi connectivity index (χ2v) is 9.81. The molecule has 2 nitrogen and oxygen atoms in total. The molecule has 0 saturated heterocycles. The standard InChI is InChI=1S/C30H18Br2O2/c31-25-17-29-30(18-26(25)32)34-28-16-24(13-14-27(28)33-29)23-8-4-7-22(15-23)21-11-9-20(10-12-21)19-5-2-1-3-6-19/h1-18H. The molecule has 0 atom stereocenters. The largest absolute Gasteiger partial charge is 0.449 e. The molecule has 0 bridgehead atoms. The van der Waals surface area contributed by atoms with Crippen molar-refractivity contribution in [1.82, 2.24) is 0 Å². The van der Waals surface area contributed by atoms with Gasteiger partial charge in [0.1, 0.15) is 0 Å². The summed E-state index contributed by atoms with van der Waals surface area (Å²) in [6, 6.07) is 37.6. The summed E-state index contributed by atoms with van der Waals surface area (Å²) in [7, 11) is 0. The molecule has 0 saturated carbocycles. The SMILES string of the molecule is Brc1cc2c(cc1Br)Oc1cc(-c3cccc(-c4ccc(-c5ccccc5)cc4)c3)ccc1O2. The van der Waals surface area contributed by atoms with Crippen LogP contribution in [0.4, 0.5) is 0 Å². The van der Waals surface area contributed by atoms with E-state index in [0.717, 1.165) is 20.1 Å². The molecule has 6 rings (SSSR count). The number of fused-ring (bicyclic) bond motifs is 2. The molecule has 0 aliphatic carbocycles. The zero-order chi connectivity index (χ0) is 23.1. The molecule has 0 radical (unpaired) electrons. The first-order valence-corrected chi connectivity index (χ1v) is 12.5. The average Bonchev–Trinajstić information content (AvgIpc) is 2.89. The van der Waals surface area contributed by atoms with E-state index < -0.39 is 0 Å². The first-order valence-electron chi connectivity index (χ1n) is 10.9. The third-order valence-corrected chi connectivity index (χ3v) is 7.74. The van der Waals surface area contributed by atoms with E-state index >= 15 is 0 Å². The minimum Gasteiger partial charge on any atom is -0.449 e. The van der Waals surface area contributed by atoms with Gasteiger partial charge in [-0.3, -0.25) is 0 Å². The molecule has 34 heavy (non-hydrogen) atoms. The van der Waals surface area contributed by atoms with Gasteiger partial charge in [0, 0.05) is 21.1 Å². The highest BCUT2D eigenvalue weighted by atomic mass is 79.9. The lowest BCUT2D eigenvalue weighted by molar-refractivity contribution is 0.359. The van der Waals surface area contributed by atoms with E-state index in [1.54, 1.807) is 0 Å². The summed E-state index contributed by atoms with van der Waals surface area (Å²) in [6.07, 6.45) is 0. The van der Waals surface area contributed by atoms with Gasteiger partial charge in [-0.25, -0.2) is 0 Å². The van der Waals surface area contributed by atoms with Crippen LogP contribution < -0.4 is 9.47 Å². The molecule has 4 heteroatoms. The van der Waals surface area contributed by atoms with Crippen molar-refractivity contribution >= 4 is 31.9 Å². The summed E-state index contributed by atoms with van der Waals surface area (Å²) >= 11 is 7.05. The average molecular weight is 570 g/mol. The molecule has 0 fully saturated rings. The Morgan fingerprint density at radius 1 is 0.353 bits per heavy atom. The molecule has 164 valence electrons. The number of halogens is 2. The van der Waals surface area contributed by atoms with Crippen LogP contribution in [0.5, 0.6) is 23.0 Å². The maximum atomic E-state index is 6.17. The molecule has 0 spiro atoms. The lowest BCUT2D eigenvalue weighted by Gasteiger charge is -2.22. The van der Waals surface area contributed by atoms with Crippen molar-refractivity contribution in [2.75, 3.05) is 0 Å². The molecule has 0 aromatic heterocycles. The van der Waals surface area contributed by atoms with Gasteiger partial charge in [0.25, 0.3) is 0 Å². The molecule has 1 aliphatic heterocycles. The van der Waals surface area contributed by atoms with Gasteiger partial charge in [-0.2, -0.15) is 0 Å². The zero-order valence-electron chi connectivity index (χ0n) is 18.0. The lowest BCUT2D eigenvalue weighted by Crippen LogP contribution is -1.99. The third kappa shape index (κ3) is 4.04. The van der Waals surface area contributed by atoms with E-state index in [1.165, 1.54) is 22.3 Å². The molecular weight excluding hydrogens is 552 g/mol. The van der Waals surface area contributed by atoms with Gasteiger partial charge >= 0.3 is 0 Å². The van der Waals surface area contributed by atoms with Crippen LogP contribution in [0.1, 0.15) is 0 Å². The predicted octanol–water partition coefficient (Wildman–Crippen LogP) is 10.1. The van der Waals surface area contributed by atoms with E-state index in [2.05, 4.69) is 111 Å². The topological polar surface area (TPSA) is 18.5 Å². The maximum Gasteiger partial charge on any atom is 0.171 e. The molecule has 1 aliphatic rings. The van der Waals surface area contributed by atoms with Crippen molar-refractivity contribution in [3.05, 3.63) is 118 Å². The second-order valence-electron chi connectivity index (χ2n) is 8.10. The molecule has 1 heterocycles. The predicted molar refractivity (Wildman–Crippen MR) is 145 cm³/mol. The number of benzene rings is 5. The summed E-state index contributed by atoms with van der Waals surface area (Å²) in [5.74, 6) is 2.79. The van der Waals surface area contributed by atoms with E-state index in [0.29, 0.717) is 23.0 Å². The van der Waals surface area contributed by atoms with Gasteiger partial charge in [-0.1, -0.05) is 78.9 Å². The van der Waals surface area contributed by atoms with E-state index in [1.807, 2.05) is 30.3 Å². The fourth-order valence-corrected chi connectivity index (χ4v) is 4.77. The maximum absolute atomic E-state index is 6.17. The fourth-order valence-electron chi connectivity index (χ4n) is 4.12. The smallest absolute Gasteiger partial charge is 0.171 e. The van der Waals surface area contributed by atoms with Crippen LogP contribution in [0.15, 0.2) is 118 Å². The Morgan fingerprint density at radius 2 is 0.794 bits per heavy atom. The molecular formula is C30H18Br2O2. The minimum absolute atomic E-state index is 0.687. The van der Waals surface area contributed by atoms with Gasteiger partial charge in [-0.15, -0.1) is 0 Å². The molecule has 0 amide bonds. The Morgan fingerprint density at radius 3 is 1.47 bits per heavy atom. The van der Waals surface area contributed by atoms with Gasteiger partial charge in [0.05, 0.1) is 0 Å². The van der Waals surface area contributed by atoms with Crippen molar-refractivity contribution in [3.63, 3.8) is 0 Å². The summed E-state index contributed by atoms with van der Waals surface area (Å²) < 4.78 is 14.1. The Hall–Kier alpha value is -3.34. The van der Waals surface area contributed by atoms with Crippen LogP contribution in [0.3, 0.4) is 0 Å². The Labute approximate surface area is 215 Å². The van der Waals surface area contributed by atoms with Gasteiger partial charge < -0.3 is 9.47 Å². The Kier molecular flexibility index (Phi) is 5.48. The number of rotatable bonds is 3. The highest BCUT2D eigenvalue weighted by Crippen LogP contribution is 2.49. The number of hydrogen-bond acceptors (Lipinski definition) is 2. The van der Waals surface area contributed by atoms with Crippen molar-refractivity contribution in [2.45, 2.75) is 0 Å². The van der Waals surface area contributed by atoms with Crippen LogP contribution >= 0.6 is 31.9 Å². The van der Waals surface area contributed by atoms with Crippen LogP contribution in [0.25, 0.3) is 33.4 Å². The van der Waals surface area contributed by atoms with Gasteiger partial charge in [0.2, 0.25) is 0 Å². The highest BCUT2D eigenvalue weighted by molar-refractivity contribution is 9.13. The zero-order valence-corrected chi connectivity index (χ0v) is 21.1. The lowest BCUT2D eigenvalue weighted by atomic mass is 9.97. The Bertz CT molecular complexity index is 1510. The third-order valence-electron chi connectivity index (χ3n) is 5.89. The quantitative estimate of drug-likeness (QED) is 0.211. The minimum atomic E-state index is 0.687. The van der Waals surface area contributed by atoms with Crippen LogP contribution in [-0.4, -0.2) is 0 Å². The molecule has 0 unspecified atom stereocenters. The first-order chi connectivity index (χ1) is 16.6. The van der Waals surface area contributed by atoms with Crippen molar-refractivity contribution in [3.8, 4) is 56.4 Å². The summed E-state index contributed by atoms with van der Waals surface area (Å²) in [4.78, 5) is 0. The second kappa shape index (κ2) is 8.79. The monoisotopic (exact) mass is 568 g/mol. The van der Waals surface area contributed by atoms with Crippen LogP contribution in [-0.2, 0) is 0 Å². The van der Waals surface area contributed by atoms with Crippen LogP contribution in [0.2, 0.25) is 0 Å². The molecule has 0 N–H and O–H groups in total.